The van der Waals surface area contributed by atoms with E-state index in [1.807, 2.05) is 38.1 Å². The summed E-state index contributed by atoms with van der Waals surface area (Å²) in [5, 5.41) is 5.62. The van der Waals surface area contributed by atoms with E-state index in [1.54, 1.807) is 12.1 Å². The molecule has 0 saturated carbocycles. The van der Waals surface area contributed by atoms with Gasteiger partial charge in [-0.05, 0) is 42.0 Å². The van der Waals surface area contributed by atoms with Gasteiger partial charge in [-0.1, -0.05) is 41.9 Å². The molecule has 0 heterocycles. The van der Waals surface area contributed by atoms with Crippen LogP contribution in [0.3, 0.4) is 0 Å². The predicted molar refractivity (Wildman–Crippen MR) is 90.6 cm³/mol. The van der Waals surface area contributed by atoms with E-state index >= 15 is 0 Å². The van der Waals surface area contributed by atoms with E-state index in [-0.39, 0.29) is 17.3 Å². The molecule has 0 radical (unpaired) electrons. The van der Waals surface area contributed by atoms with Gasteiger partial charge in [0.25, 0.3) is 0 Å². The fourth-order valence-corrected chi connectivity index (χ4v) is 2.28. The van der Waals surface area contributed by atoms with Crippen LogP contribution in [0.4, 0.5) is 14.9 Å². The van der Waals surface area contributed by atoms with Gasteiger partial charge < -0.3 is 10.6 Å². The first-order valence-electron chi connectivity index (χ1n) is 6.93. The third-order valence-corrected chi connectivity index (χ3v) is 3.95. The zero-order chi connectivity index (χ0) is 16.2. The third kappa shape index (κ3) is 4.56. The molecular weight excluding hydrogens is 347 g/mol. The summed E-state index contributed by atoms with van der Waals surface area (Å²) < 4.78 is 13.9. The average Bonchev–Trinajstić information content (AvgIpc) is 2.48. The maximum absolute atomic E-state index is 13.0. The molecule has 2 N–H and O–H groups in total. The summed E-state index contributed by atoms with van der Waals surface area (Å²) in [6.07, 6.45) is 0. The number of rotatable bonds is 4. The molecule has 0 unspecified atom stereocenters. The van der Waals surface area contributed by atoms with E-state index in [0.717, 1.165) is 15.7 Å². The van der Waals surface area contributed by atoms with Crippen LogP contribution in [0.25, 0.3) is 0 Å². The van der Waals surface area contributed by atoms with E-state index in [9.17, 15) is 9.18 Å². The molecule has 0 aromatic heterocycles. The molecule has 2 rings (SSSR count). The Balaban J connectivity index is 1.92. The van der Waals surface area contributed by atoms with Gasteiger partial charge in [0.05, 0.1) is 0 Å². The van der Waals surface area contributed by atoms with E-state index in [0.29, 0.717) is 6.54 Å². The van der Waals surface area contributed by atoms with Gasteiger partial charge in [-0.15, -0.1) is 0 Å². The standard InChI is InChI=1S/C17H18BrFN2O/c1-17(2,12-3-7-14(19)8-4-12)11-20-16(22)21-15-9-5-13(18)6-10-15/h3-10H,11H2,1-2H3,(H2,20,21,22). The number of halogens is 2. The van der Waals surface area contributed by atoms with Crippen molar-refractivity contribution in [2.24, 2.45) is 0 Å². The van der Waals surface area contributed by atoms with E-state index in [2.05, 4.69) is 26.6 Å². The molecule has 0 aliphatic rings. The minimum Gasteiger partial charge on any atom is -0.337 e. The second-order valence-electron chi connectivity index (χ2n) is 5.71. The van der Waals surface area contributed by atoms with Crippen LogP contribution in [0.2, 0.25) is 0 Å². The van der Waals surface area contributed by atoms with E-state index in [1.165, 1.54) is 12.1 Å². The molecule has 2 aromatic rings. The van der Waals surface area contributed by atoms with Gasteiger partial charge >= 0.3 is 6.03 Å². The van der Waals surface area contributed by atoms with Crippen molar-refractivity contribution >= 4 is 27.6 Å². The van der Waals surface area contributed by atoms with E-state index in [4.69, 9.17) is 0 Å². The highest BCUT2D eigenvalue weighted by molar-refractivity contribution is 9.10. The normalized spacial score (nSPS) is 11.1. The zero-order valence-electron chi connectivity index (χ0n) is 12.5. The Hall–Kier alpha value is -1.88. The fourth-order valence-electron chi connectivity index (χ4n) is 2.01. The second kappa shape index (κ2) is 6.92. The number of benzene rings is 2. The Kier molecular flexibility index (Phi) is 5.19. The zero-order valence-corrected chi connectivity index (χ0v) is 14.1. The van der Waals surface area contributed by atoms with Crippen molar-refractivity contribution in [2.75, 3.05) is 11.9 Å². The van der Waals surface area contributed by atoms with Crippen LogP contribution >= 0.6 is 15.9 Å². The third-order valence-electron chi connectivity index (χ3n) is 3.42. The Morgan fingerprint density at radius 1 is 1.09 bits per heavy atom. The highest BCUT2D eigenvalue weighted by Crippen LogP contribution is 2.22. The maximum atomic E-state index is 13.0. The minimum atomic E-state index is -0.287. The minimum absolute atomic E-state index is 0.263. The molecule has 116 valence electrons. The molecule has 3 nitrogen and oxygen atoms in total. The number of hydrogen-bond donors (Lipinski definition) is 2. The number of carbonyl (C=O) groups is 1. The maximum Gasteiger partial charge on any atom is 0.319 e. The fraction of sp³-hybridized carbons (Fsp3) is 0.235. The Morgan fingerprint density at radius 2 is 1.68 bits per heavy atom. The van der Waals surface area contributed by atoms with Crippen molar-refractivity contribution in [3.8, 4) is 0 Å². The molecule has 2 amide bonds. The van der Waals surface area contributed by atoms with Gasteiger partial charge in [0.15, 0.2) is 0 Å². The summed E-state index contributed by atoms with van der Waals surface area (Å²) in [5.41, 5.74) is 1.41. The molecule has 0 atom stereocenters. The van der Waals surface area contributed by atoms with Crippen LogP contribution in [0.5, 0.6) is 0 Å². The summed E-state index contributed by atoms with van der Waals surface area (Å²) in [4.78, 5) is 11.9. The molecule has 2 aromatic carbocycles. The average molecular weight is 365 g/mol. The summed E-state index contributed by atoms with van der Waals surface area (Å²) in [7, 11) is 0. The van der Waals surface area contributed by atoms with E-state index < -0.39 is 0 Å². The van der Waals surface area contributed by atoms with Crippen LogP contribution < -0.4 is 10.6 Å². The smallest absolute Gasteiger partial charge is 0.319 e. The molecule has 0 aliphatic carbocycles. The van der Waals surface area contributed by atoms with Crippen molar-refractivity contribution in [1.29, 1.82) is 0 Å². The van der Waals surface area contributed by atoms with Crippen LogP contribution in [-0.2, 0) is 5.41 Å². The van der Waals surface area contributed by atoms with Crippen molar-refractivity contribution in [3.05, 3.63) is 64.4 Å². The summed E-state index contributed by atoms with van der Waals surface area (Å²) >= 11 is 3.34. The SMILES string of the molecule is CC(C)(CNC(=O)Nc1ccc(Br)cc1)c1ccc(F)cc1. The van der Waals surface area contributed by atoms with Gasteiger partial charge in [0, 0.05) is 22.1 Å². The van der Waals surface area contributed by atoms with Crippen molar-refractivity contribution in [3.63, 3.8) is 0 Å². The molecule has 0 spiro atoms. The molecule has 5 heteroatoms. The molecule has 22 heavy (non-hydrogen) atoms. The lowest BCUT2D eigenvalue weighted by Crippen LogP contribution is -2.38. The first-order valence-corrected chi connectivity index (χ1v) is 7.72. The lowest BCUT2D eigenvalue weighted by molar-refractivity contribution is 0.249. The van der Waals surface area contributed by atoms with Gasteiger partial charge in [-0.3, -0.25) is 0 Å². The van der Waals surface area contributed by atoms with Crippen LogP contribution in [0.1, 0.15) is 19.4 Å². The van der Waals surface area contributed by atoms with Crippen LogP contribution in [0, 0.1) is 5.82 Å². The molecule has 0 saturated heterocycles. The number of amides is 2. The molecular formula is C17H18BrFN2O. The number of carbonyl (C=O) groups excluding carboxylic acids is 1. The predicted octanol–water partition coefficient (Wildman–Crippen LogP) is 4.69. The Bertz CT molecular complexity index is 639. The highest BCUT2D eigenvalue weighted by Gasteiger charge is 2.21. The summed E-state index contributed by atoms with van der Waals surface area (Å²) in [6.45, 7) is 4.45. The lowest BCUT2D eigenvalue weighted by Gasteiger charge is -2.25. The number of hydrogen-bond acceptors (Lipinski definition) is 1. The van der Waals surface area contributed by atoms with Gasteiger partial charge in [0.1, 0.15) is 5.82 Å². The van der Waals surface area contributed by atoms with Crippen molar-refractivity contribution in [1.82, 2.24) is 5.32 Å². The number of urea groups is 1. The summed E-state index contributed by atoms with van der Waals surface area (Å²) in [5.74, 6) is -0.263. The highest BCUT2D eigenvalue weighted by atomic mass is 79.9. The molecule has 0 aliphatic heterocycles. The van der Waals surface area contributed by atoms with Gasteiger partial charge in [-0.25, -0.2) is 9.18 Å². The second-order valence-corrected chi connectivity index (χ2v) is 6.62. The molecule has 0 bridgehead atoms. The monoisotopic (exact) mass is 364 g/mol. The topological polar surface area (TPSA) is 41.1 Å². The first-order chi connectivity index (χ1) is 10.4. The van der Waals surface area contributed by atoms with Crippen LogP contribution in [0.15, 0.2) is 53.0 Å². The molecule has 0 fully saturated rings. The van der Waals surface area contributed by atoms with Crippen molar-refractivity contribution < 1.29 is 9.18 Å². The number of anilines is 1. The number of nitrogens with one attached hydrogen (secondary N) is 2. The van der Waals surface area contributed by atoms with Gasteiger partial charge in [-0.2, -0.15) is 0 Å². The Morgan fingerprint density at radius 3 is 2.27 bits per heavy atom. The summed E-state index contributed by atoms with van der Waals surface area (Å²) in [6, 6.07) is 13.4. The lowest BCUT2D eigenvalue weighted by atomic mass is 9.84. The first kappa shape index (κ1) is 16.5. The van der Waals surface area contributed by atoms with Gasteiger partial charge in [0.2, 0.25) is 0 Å². The van der Waals surface area contributed by atoms with Crippen molar-refractivity contribution in [2.45, 2.75) is 19.3 Å². The largest absolute Gasteiger partial charge is 0.337 e. The Labute approximate surface area is 138 Å². The van der Waals surface area contributed by atoms with Crippen LogP contribution in [-0.4, -0.2) is 12.6 Å². The quantitative estimate of drug-likeness (QED) is 0.811.